The third-order valence-electron chi connectivity index (χ3n) is 3.00. The number of hydrogen-bond acceptors (Lipinski definition) is 2. The smallest absolute Gasteiger partial charge is 0.303 e. The summed E-state index contributed by atoms with van der Waals surface area (Å²) in [5.74, 6) is -0.757. The summed E-state index contributed by atoms with van der Waals surface area (Å²) in [6.07, 6.45) is 1.65. The van der Waals surface area contributed by atoms with E-state index in [0.29, 0.717) is 6.42 Å². The second-order valence-corrected chi connectivity index (χ2v) is 4.25. The number of nitrogens with one attached hydrogen (secondary N) is 1. The number of aryl methyl sites for hydroxylation is 3. The highest BCUT2D eigenvalue weighted by molar-refractivity contribution is 5.85. The third-order valence-corrected chi connectivity index (χ3v) is 3.00. The van der Waals surface area contributed by atoms with Gasteiger partial charge in [-0.1, -0.05) is 13.0 Å². The summed E-state index contributed by atoms with van der Waals surface area (Å²) in [6.45, 7) is 4.06. The topological polar surface area (TPSA) is 66.0 Å². The number of nitrogens with zero attached hydrogens (tertiary/aromatic N) is 1. The lowest BCUT2D eigenvalue weighted by Crippen LogP contribution is -1.98. The second-order valence-electron chi connectivity index (χ2n) is 4.25. The van der Waals surface area contributed by atoms with Crippen molar-refractivity contribution in [3.63, 3.8) is 0 Å². The first-order valence-electron chi connectivity index (χ1n) is 5.80. The van der Waals surface area contributed by atoms with Crippen LogP contribution in [0.2, 0.25) is 0 Å². The standard InChI is InChI=1S/C13H16N2O2/c1-3-10-6-9(4-5-12(16)17)7-11-8(2)14-15-13(10)11/h6-7H,3-5H2,1-2H3,(H,14,15)(H,16,17). The molecule has 0 amide bonds. The first-order valence-corrected chi connectivity index (χ1v) is 5.80. The van der Waals surface area contributed by atoms with Crippen molar-refractivity contribution < 1.29 is 9.90 Å². The zero-order valence-electron chi connectivity index (χ0n) is 10.1. The minimum atomic E-state index is -0.757. The summed E-state index contributed by atoms with van der Waals surface area (Å²) in [7, 11) is 0. The van der Waals surface area contributed by atoms with Crippen LogP contribution in [0.4, 0.5) is 0 Å². The van der Waals surface area contributed by atoms with Crippen LogP contribution in [-0.4, -0.2) is 21.3 Å². The van der Waals surface area contributed by atoms with Crippen LogP contribution in [0.3, 0.4) is 0 Å². The van der Waals surface area contributed by atoms with Crippen LogP contribution < -0.4 is 0 Å². The fourth-order valence-electron chi connectivity index (χ4n) is 2.04. The van der Waals surface area contributed by atoms with Gasteiger partial charge in [0.25, 0.3) is 0 Å². The molecule has 0 atom stereocenters. The lowest BCUT2D eigenvalue weighted by molar-refractivity contribution is -0.136. The number of benzene rings is 1. The summed E-state index contributed by atoms with van der Waals surface area (Å²) in [5.41, 5.74) is 4.28. The van der Waals surface area contributed by atoms with Gasteiger partial charge in [0.15, 0.2) is 0 Å². The molecule has 90 valence electrons. The minimum absolute atomic E-state index is 0.172. The number of carboxylic acids is 1. The average Bonchev–Trinajstić information content (AvgIpc) is 2.68. The Kier molecular flexibility index (Phi) is 3.13. The quantitative estimate of drug-likeness (QED) is 0.850. The highest BCUT2D eigenvalue weighted by Gasteiger charge is 2.09. The van der Waals surface area contributed by atoms with Gasteiger partial charge in [-0.05, 0) is 37.0 Å². The monoisotopic (exact) mass is 232 g/mol. The number of aliphatic carboxylic acids is 1. The molecule has 1 aromatic carbocycles. The van der Waals surface area contributed by atoms with Crippen LogP contribution in [0.25, 0.3) is 10.9 Å². The largest absolute Gasteiger partial charge is 0.481 e. The van der Waals surface area contributed by atoms with Crippen LogP contribution in [0, 0.1) is 6.92 Å². The van der Waals surface area contributed by atoms with Gasteiger partial charge in [-0.25, -0.2) is 0 Å². The van der Waals surface area contributed by atoms with E-state index in [1.165, 1.54) is 5.56 Å². The van der Waals surface area contributed by atoms with E-state index in [-0.39, 0.29) is 6.42 Å². The fourth-order valence-corrected chi connectivity index (χ4v) is 2.04. The molecule has 2 aromatic rings. The van der Waals surface area contributed by atoms with Crippen LogP contribution in [0.5, 0.6) is 0 Å². The molecule has 1 heterocycles. The van der Waals surface area contributed by atoms with Crippen LogP contribution >= 0.6 is 0 Å². The van der Waals surface area contributed by atoms with E-state index in [2.05, 4.69) is 23.2 Å². The molecule has 0 saturated carbocycles. The molecule has 0 aliphatic carbocycles. The van der Waals surface area contributed by atoms with Gasteiger partial charge in [0, 0.05) is 17.5 Å². The van der Waals surface area contributed by atoms with E-state index in [1.54, 1.807) is 0 Å². The maximum atomic E-state index is 10.6. The van der Waals surface area contributed by atoms with Gasteiger partial charge in [-0.3, -0.25) is 9.89 Å². The average molecular weight is 232 g/mol. The van der Waals surface area contributed by atoms with Crippen molar-refractivity contribution in [2.75, 3.05) is 0 Å². The second kappa shape index (κ2) is 4.57. The number of carboxylic acid groups (broad SMARTS) is 1. The molecule has 4 heteroatoms. The van der Waals surface area contributed by atoms with Crippen molar-refractivity contribution in [1.82, 2.24) is 10.2 Å². The predicted octanol–water partition coefficient (Wildman–Crippen LogP) is 2.45. The molecular formula is C13H16N2O2. The Morgan fingerprint density at radius 3 is 2.88 bits per heavy atom. The lowest BCUT2D eigenvalue weighted by atomic mass is 10.0. The first kappa shape index (κ1) is 11.6. The maximum Gasteiger partial charge on any atom is 0.303 e. The number of aromatic nitrogens is 2. The van der Waals surface area contributed by atoms with Gasteiger partial charge < -0.3 is 5.11 Å². The summed E-state index contributed by atoms with van der Waals surface area (Å²) in [6, 6.07) is 4.10. The van der Waals surface area contributed by atoms with Gasteiger partial charge in [-0.15, -0.1) is 0 Å². The molecular weight excluding hydrogens is 216 g/mol. The molecule has 1 aromatic heterocycles. The van der Waals surface area contributed by atoms with E-state index in [9.17, 15) is 4.79 Å². The molecule has 4 nitrogen and oxygen atoms in total. The Balaban J connectivity index is 2.43. The number of carbonyl (C=O) groups is 1. The normalized spacial score (nSPS) is 10.9. The summed E-state index contributed by atoms with van der Waals surface area (Å²) >= 11 is 0. The van der Waals surface area contributed by atoms with Gasteiger partial charge >= 0.3 is 5.97 Å². The zero-order valence-corrected chi connectivity index (χ0v) is 10.1. The molecule has 2 N–H and O–H groups in total. The van der Waals surface area contributed by atoms with Crippen molar-refractivity contribution in [2.45, 2.75) is 33.1 Å². The van der Waals surface area contributed by atoms with E-state index < -0.39 is 5.97 Å². The Labute approximate surface area is 99.7 Å². The number of fused-ring (bicyclic) bond motifs is 1. The van der Waals surface area contributed by atoms with Crippen molar-refractivity contribution in [2.24, 2.45) is 0 Å². The SMILES string of the molecule is CCc1cc(CCC(=O)O)cc2c(C)[nH]nc12. The van der Waals surface area contributed by atoms with Crippen LogP contribution in [0.1, 0.15) is 30.2 Å². The molecule has 2 rings (SSSR count). The number of rotatable bonds is 4. The van der Waals surface area contributed by atoms with E-state index in [0.717, 1.165) is 28.6 Å². The highest BCUT2D eigenvalue weighted by Crippen LogP contribution is 2.23. The molecule has 0 aliphatic rings. The zero-order chi connectivity index (χ0) is 12.4. The number of aromatic amines is 1. The Hall–Kier alpha value is -1.84. The van der Waals surface area contributed by atoms with Gasteiger partial charge in [0.2, 0.25) is 0 Å². The van der Waals surface area contributed by atoms with Gasteiger partial charge in [-0.2, -0.15) is 5.10 Å². The van der Waals surface area contributed by atoms with Crippen molar-refractivity contribution in [3.8, 4) is 0 Å². The van der Waals surface area contributed by atoms with E-state index >= 15 is 0 Å². The molecule has 0 radical (unpaired) electrons. The highest BCUT2D eigenvalue weighted by atomic mass is 16.4. The fraction of sp³-hybridized carbons (Fsp3) is 0.385. The molecule has 0 aliphatic heterocycles. The van der Waals surface area contributed by atoms with Crippen LogP contribution in [-0.2, 0) is 17.6 Å². The van der Waals surface area contributed by atoms with Gasteiger partial charge in [0.05, 0.1) is 5.52 Å². The number of hydrogen-bond donors (Lipinski definition) is 2. The maximum absolute atomic E-state index is 10.6. The molecule has 0 unspecified atom stereocenters. The van der Waals surface area contributed by atoms with E-state index in [4.69, 9.17) is 5.11 Å². The number of H-pyrrole nitrogens is 1. The predicted molar refractivity (Wildman–Crippen MR) is 66.2 cm³/mol. The Morgan fingerprint density at radius 1 is 1.47 bits per heavy atom. The molecule has 0 spiro atoms. The Bertz CT molecular complexity index is 558. The van der Waals surface area contributed by atoms with Gasteiger partial charge in [0.1, 0.15) is 0 Å². The van der Waals surface area contributed by atoms with E-state index in [1.807, 2.05) is 13.0 Å². The third kappa shape index (κ3) is 2.30. The summed E-state index contributed by atoms with van der Waals surface area (Å²) in [4.78, 5) is 10.6. The van der Waals surface area contributed by atoms with Crippen molar-refractivity contribution in [1.29, 1.82) is 0 Å². The lowest BCUT2D eigenvalue weighted by Gasteiger charge is -2.04. The Morgan fingerprint density at radius 2 is 2.24 bits per heavy atom. The van der Waals surface area contributed by atoms with Crippen molar-refractivity contribution in [3.05, 3.63) is 29.0 Å². The summed E-state index contributed by atoms with van der Waals surface area (Å²) in [5, 5.41) is 17.1. The summed E-state index contributed by atoms with van der Waals surface area (Å²) < 4.78 is 0. The molecule has 0 fully saturated rings. The molecule has 0 bridgehead atoms. The van der Waals surface area contributed by atoms with Crippen LogP contribution in [0.15, 0.2) is 12.1 Å². The van der Waals surface area contributed by atoms with Crippen molar-refractivity contribution >= 4 is 16.9 Å². The first-order chi connectivity index (χ1) is 8.11. The molecule has 0 saturated heterocycles. The minimum Gasteiger partial charge on any atom is -0.481 e. The molecule has 17 heavy (non-hydrogen) atoms.